The molecule has 4 rings (SSSR count). The highest BCUT2D eigenvalue weighted by Gasteiger charge is 2.49. The van der Waals surface area contributed by atoms with Gasteiger partial charge in [0.1, 0.15) is 0 Å². The maximum absolute atomic E-state index is 13.0. The number of fused-ring (bicyclic) bond motifs is 2. The van der Waals surface area contributed by atoms with Crippen LogP contribution in [0.2, 0.25) is 0 Å². The third-order valence-electron chi connectivity index (χ3n) is 5.40. The van der Waals surface area contributed by atoms with Gasteiger partial charge in [0, 0.05) is 29.7 Å². The number of benzene rings is 2. The number of amides is 1. The van der Waals surface area contributed by atoms with E-state index in [1.165, 1.54) is 4.90 Å². The molecule has 9 heteroatoms. The number of nitrogens with zero attached hydrogens (tertiary/aromatic N) is 2. The molecule has 0 radical (unpaired) electrons. The average molecular weight is 483 g/mol. The van der Waals surface area contributed by atoms with Crippen molar-refractivity contribution in [3.63, 3.8) is 0 Å². The second-order valence-electron chi connectivity index (χ2n) is 7.32. The first-order valence-corrected chi connectivity index (χ1v) is 10.2. The number of carbonyl (C=O) groups is 2. The first-order valence-electron chi connectivity index (χ1n) is 9.39. The molecule has 2 aromatic rings. The number of carbonyl (C=O) groups excluding carboxylic acids is 2. The minimum Gasteiger partial charge on any atom is -0.437 e. The normalized spacial score (nSPS) is 21.7. The van der Waals surface area contributed by atoms with Gasteiger partial charge in [-0.3, -0.25) is 9.69 Å². The van der Waals surface area contributed by atoms with Crippen LogP contribution >= 0.6 is 15.9 Å². The molecule has 2 aliphatic heterocycles. The van der Waals surface area contributed by atoms with Gasteiger partial charge in [-0.1, -0.05) is 52.3 Å². The lowest BCUT2D eigenvalue weighted by Gasteiger charge is -2.48. The minimum atomic E-state index is -5.11. The Bertz CT molecular complexity index is 968. The predicted octanol–water partition coefficient (Wildman–Crippen LogP) is 3.76. The number of hydrogen-bond acceptors (Lipinski definition) is 4. The van der Waals surface area contributed by atoms with Gasteiger partial charge in [0.25, 0.3) is 5.91 Å². The van der Waals surface area contributed by atoms with Gasteiger partial charge in [0.15, 0.2) is 6.23 Å². The molecule has 0 aliphatic carbocycles. The van der Waals surface area contributed by atoms with Gasteiger partial charge in [-0.25, -0.2) is 4.79 Å². The molecule has 0 aromatic heterocycles. The van der Waals surface area contributed by atoms with Crippen LogP contribution in [0.1, 0.15) is 21.5 Å². The minimum absolute atomic E-state index is 0.269. The van der Waals surface area contributed by atoms with E-state index in [4.69, 9.17) is 4.74 Å². The number of esters is 1. The van der Waals surface area contributed by atoms with Gasteiger partial charge in [0.05, 0.1) is 6.04 Å². The number of piperazine rings is 1. The fraction of sp³-hybridized carbons (Fsp3) is 0.333. The van der Waals surface area contributed by atoms with Gasteiger partial charge in [-0.15, -0.1) is 0 Å². The summed E-state index contributed by atoms with van der Waals surface area (Å²) in [5.41, 5.74) is 2.11. The van der Waals surface area contributed by atoms with Crippen molar-refractivity contribution in [2.45, 2.75) is 31.4 Å². The smallest absolute Gasteiger partial charge is 0.437 e. The van der Waals surface area contributed by atoms with E-state index in [-0.39, 0.29) is 12.5 Å². The summed E-state index contributed by atoms with van der Waals surface area (Å²) in [5.74, 6) is -2.52. The Morgan fingerprint density at radius 3 is 2.57 bits per heavy atom. The van der Waals surface area contributed by atoms with E-state index in [9.17, 15) is 22.8 Å². The quantitative estimate of drug-likeness (QED) is 0.625. The zero-order valence-electron chi connectivity index (χ0n) is 15.7. The Hall–Kier alpha value is -2.39. The van der Waals surface area contributed by atoms with Crippen LogP contribution < -0.4 is 0 Å². The monoisotopic (exact) mass is 482 g/mol. The van der Waals surface area contributed by atoms with Crippen LogP contribution in [0, 0.1) is 0 Å². The van der Waals surface area contributed by atoms with Crippen molar-refractivity contribution in [1.82, 2.24) is 9.80 Å². The van der Waals surface area contributed by atoms with E-state index < -0.39 is 24.4 Å². The molecule has 1 saturated heterocycles. The van der Waals surface area contributed by atoms with Crippen LogP contribution in [0.15, 0.2) is 53.0 Å². The summed E-state index contributed by atoms with van der Waals surface area (Å²) >= 11 is 3.35. The van der Waals surface area contributed by atoms with Crippen molar-refractivity contribution in [1.29, 1.82) is 0 Å². The number of hydrogen-bond donors (Lipinski definition) is 0. The molecule has 0 bridgehead atoms. The summed E-state index contributed by atoms with van der Waals surface area (Å²) in [7, 11) is 0. The summed E-state index contributed by atoms with van der Waals surface area (Å²) < 4.78 is 44.6. The van der Waals surface area contributed by atoms with E-state index >= 15 is 0 Å². The summed E-state index contributed by atoms with van der Waals surface area (Å²) in [6.07, 6.45) is -6.01. The Balaban J connectivity index is 1.67. The number of alkyl halides is 3. The zero-order valence-corrected chi connectivity index (χ0v) is 17.3. The number of halogens is 4. The van der Waals surface area contributed by atoms with Crippen molar-refractivity contribution in [2.75, 3.05) is 13.1 Å². The standard InChI is InChI=1S/C21H18BrF3N2O3/c22-15-7-6-14-10-17-19(30-20(29)21(23,24)25)26(12-13-4-2-1-3-5-13)8-9-27(17)18(28)16(14)11-15/h1-7,11,17,19H,8-10,12H2/t17-,19?/m1/s1. The van der Waals surface area contributed by atoms with E-state index in [0.717, 1.165) is 15.6 Å². The number of ether oxygens (including phenoxy) is 1. The van der Waals surface area contributed by atoms with Crippen molar-refractivity contribution < 1.29 is 27.5 Å². The van der Waals surface area contributed by atoms with Crippen LogP contribution in [0.4, 0.5) is 13.2 Å². The van der Waals surface area contributed by atoms with Gasteiger partial charge < -0.3 is 9.64 Å². The van der Waals surface area contributed by atoms with E-state index in [0.29, 0.717) is 25.1 Å². The van der Waals surface area contributed by atoms with Crippen LogP contribution in [-0.2, 0) is 22.5 Å². The first kappa shape index (κ1) is 20.9. The molecule has 0 N–H and O–H groups in total. The van der Waals surface area contributed by atoms with Crippen molar-refractivity contribution in [3.05, 3.63) is 69.7 Å². The molecule has 2 aliphatic rings. The third kappa shape index (κ3) is 4.09. The molecular formula is C21H18BrF3N2O3. The average Bonchev–Trinajstić information content (AvgIpc) is 2.70. The van der Waals surface area contributed by atoms with Crippen LogP contribution in [0.5, 0.6) is 0 Å². The van der Waals surface area contributed by atoms with Crippen molar-refractivity contribution in [2.24, 2.45) is 0 Å². The lowest BCUT2D eigenvalue weighted by atomic mass is 9.90. The maximum Gasteiger partial charge on any atom is 0.490 e. The largest absolute Gasteiger partial charge is 0.490 e. The Morgan fingerprint density at radius 1 is 1.13 bits per heavy atom. The van der Waals surface area contributed by atoms with Crippen LogP contribution in [0.25, 0.3) is 0 Å². The lowest BCUT2D eigenvalue weighted by molar-refractivity contribution is -0.221. The summed E-state index contributed by atoms with van der Waals surface area (Å²) in [6.45, 7) is 0.932. The zero-order chi connectivity index (χ0) is 21.5. The summed E-state index contributed by atoms with van der Waals surface area (Å²) in [6, 6.07) is 13.8. The third-order valence-corrected chi connectivity index (χ3v) is 5.89. The molecule has 2 atom stereocenters. The molecule has 1 fully saturated rings. The van der Waals surface area contributed by atoms with Gasteiger partial charge in [-0.05, 0) is 29.7 Å². The van der Waals surface area contributed by atoms with Crippen molar-refractivity contribution in [3.8, 4) is 0 Å². The Labute approximate surface area is 179 Å². The summed E-state index contributed by atoms with van der Waals surface area (Å²) in [4.78, 5) is 27.9. The molecule has 30 heavy (non-hydrogen) atoms. The first-order chi connectivity index (χ1) is 14.2. The fourth-order valence-electron chi connectivity index (χ4n) is 4.01. The predicted molar refractivity (Wildman–Crippen MR) is 105 cm³/mol. The molecule has 0 spiro atoms. The Morgan fingerprint density at radius 2 is 1.87 bits per heavy atom. The van der Waals surface area contributed by atoms with E-state index in [1.807, 2.05) is 30.3 Å². The van der Waals surface area contributed by atoms with E-state index in [2.05, 4.69) is 15.9 Å². The molecule has 5 nitrogen and oxygen atoms in total. The highest BCUT2D eigenvalue weighted by atomic mass is 79.9. The van der Waals surface area contributed by atoms with Gasteiger partial charge in [-0.2, -0.15) is 13.2 Å². The lowest BCUT2D eigenvalue weighted by Crippen LogP contribution is -2.64. The SMILES string of the molecule is O=C1c2cc(Br)ccc2C[C@@H]2C(OC(=O)C(F)(F)F)N(Cc3ccccc3)CCN12. The molecule has 2 heterocycles. The van der Waals surface area contributed by atoms with Crippen LogP contribution in [0.3, 0.4) is 0 Å². The Kier molecular flexibility index (Phi) is 5.59. The fourth-order valence-corrected chi connectivity index (χ4v) is 4.37. The molecule has 0 saturated carbocycles. The molecular weight excluding hydrogens is 465 g/mol. The molecule has 1 amide bonds. The molecule has 2 aromatic carbocycles. The molecule has 1 unspecified atom stereocenters. The van der Waals surface area contributed by atoms with Gasteiger partial charge in [0.2, 0.25) is 0 Å². The number of rotatable bonds is 3. The summed E-state index contributed by atoms with van der Waals surface area (Å²) in [5, 5.41) is 0. The second kappa shape index (κ2) is 8.03. The highest BCUT2D eigenvalue weighted by Crippen LogP contribution is 2.33. The topological polar surface area (TPSA) is 49.9 Å². The second-order valence-corrected chi connectivity index (χ2v) is 8.24. The van der Waals surface area contributed by atoms with Crippen LogP contribution in [-0.4, -0.2) is 53.2 Å². The van der Waals surface area contributed by atoms with Crippen molar-refractivity contribution >= 4 is 27.8 Å². The van der Waals surface area contributed by atoms with E-state index in [1.54, 1.807) is 23.1 Å². The molecule has 158 valence electrons. The van der Waals surface area contributed by atoms with Gasteiger partial charge >= 0.3 is 12.1 Å². The highest BCUT2D eigenvalue weighted by molar-refractivity contribution is 9.10. The maximum atomic E-state index is 13.0.